The fourth-order valence-electron chi connectivity index (χ4n) is 2.03. The highest BCUT2D eigenvalue weighted by Crippen LogP contribution is 2.38. The van der Waals surface area contributed by atoms with E-state index < -0.39 is 0 Å². The van der Waals surface area contributed by atoms with Crippen LogP contribution in [-0.4, -0.2) is 19.6 Å². The standard InChI is InChI=1S/C13H20N2/c1-10-5-4-6-12(15(2)3)11(10)9-13(14)7-8-13/h4-6H,7-9,14H2,1-3H3. The van der Waals surface area contributed by atoms with Crippen molar-refractivity contribution in [2.24, 2.45) is 5.73 Å². The summed E-state index contributed by atoms with van der Waals surface area (Å²) in [5.41, 5.74) is 10.4. The van der Waals surface area contributed by atoms with E-state index >= 15 is 0 Å². The molecular formula is C13H20N2. The van der Waals surface area contributed by atoms with Crippen LogP contribution in [0.25, 0.3) is 0 Å². The lowest BCUT2D eigenvalue weighted by molar-refractivity contribution is 0.669. The zero-order valence-corrected chi connectivity index (χ0v) is 9.88. The van der Waals surface area contributed by atoms with Crippen LogP contribution in [0.5, 0.6) is 0 Å². The Labute approximate surface area is 92.1 Å². The molecule has 1 aromatic carbocycles. The van der Waals surface area contributed by atoms with Gasteiger partial charge in [0.1, 0.15) is 0 Å². The summed E-state index contributed by atoms with van der Waals surface area (Å²) < 4.78 is 0. The second kappa shape index (κ2) is 3.53. The Kier molecular flexibility index (Phi) is 2.47. The maximum absolute atomic E-state index is 6.20. The van der Waals surface area contributed by atoms with Gasteiger partial charge in [-0.25, -0.2) is 0 Å². The van der Waals surface area contributed by atoms with Crippen LogP contribution in [0.2, 0.25) is 0 Å². The molecule has 82 valence electrons. The van der Waals surface area contributed by atoms with E-state index in [1.54, 1.807) is 0 Å². The van der Waals surface area contributed by atoms with Crippen molar-refractivity contribution in [2.45, 2.75) is 31.7 Å². The van der Waals surface area contributed by atoms with Gasteiger partial charge < -0.3 is 10.6 Å². The molecular weight excluding hydrogens is 184 g/mol. The summed E-state index contributed by atoms with van der Waals surface area (Å²) in [4.78, 5) is 2.17. The molecule has 15 heavy (non-hydrogen) atoms. The van der Waals surface area contributed by atoms with Gasteiger partial charge in [-0.3, -0.25) is 0 Å². The van der Waals surface area contributed by atoms with Crippen LogP contribution in [0.4, 0.5) is 5.69 Å². The van der Waals surface area contributed by atoms with Crippen molar-refractivity contribution < 1.29 is 0 Å². The van der Waals surface area contributed by atoms with E-state index in [9.17, 15) is 0 Å². The molecule has 0 radical (unpaired) electrons. The summed E-state index contributed by atoms with van der Waals surface area (Å²) in [5.74, 6) is 0. The molecule has 1 aliphatic rings. The number of nitrogens with two attached hydrogens (primary N) is 1. The number of hydrogen-bond acceptors (Lipinski definition) is 2. The summed E-state index contributed by atoms with van der Waals surface area (Å²) >= 11 is 0. The van der Waals surface area contributed by atoms with E-state index in [1.807, 2.05) is 0 Å². The van der Waals surface area contributed by atoms with Gasteiger partial charge in [-0.1, -0.05) is 12.1 Å². The Hall–Kier alpha value is -1.02. The predicted octanol–water partition coefficient (Wildman–Crippen LogP) is 2.09. The Morgan fingerprint density at radius 1 is 1.33 bits per heavy atom. The molecule has 0 unspecified atom stereocenters. The van der Waals surface area contributed by atoms with E-state index in [0.717, 1.165) is 6.42 Å². The molecule has 2 heteroatoms. The van der Waals surface area contributed by atoms with Crippen molar-refractivity contribution in [3.05, 3.63) is 29.3 Å². The van der Waals surface area contributed by atoms with Crippen LogP contribution in [-0.2, 0) is 6.42 Å². The average Bonchev–Trinajstić information content (AvgIpc) is 2.87. The normalized spacial score (nSPS) is 17.6. The molecule has 0 bridgehead atoms. The van der Waals surface area contributed by atoms with Crippen LogP contribution in [0.15, 0.2) is 18.2 Å². The first-order valence-electron chi connectivity index (χ1n) is 5.56. The van der Waals surface area contributed by atoms with Gasteiger partial charge in [-0.05, 0) is 43.4 Å². The highest BCUT2D eigenvalue weighted by molar-refractivity contribution is 5.56. The number of nitrogens with zero attached hydrogens (tertiary/aromatic N) is 1. The minimum atomic E-state index is 0.0941. The summed E-state index contributed by atoms with van der Waals surface area (Å²) in [6.07, 6.45) is 3.37. The number of benzene rings is 1. The van der Waals surface area contributed by atoms with Crippen molar-refractivity contribution in [1.29, 1.82) is 0 Å². The molecule has 2 N–H and O–H groups in total. The molecule has 0 atom stereocenters. The summed E-state index contributed by atoms with van der Waals surface area (Å²) in [6.45, 7) is 2.17. The van der Waals surface area contributed by atoms with Crippen molar-refractivity contribution in [1.82, 2.24) is 0 Å². The van der Waals surface area contributed by atoms with Gasteiger partial charge in [0.25, 0.3) is 0 Å². The first kappa shape index (κ1) is 10.5. The van der Waals surface area contributed by atoms with Crippen molar-refractivity contribution in [3.8, 4) is 0 Å². The first-order chi connectivity index (χ1) is 7.02. The van der Waals surface area contributed by atoms with E-state index in [4.69, 9.17) is 5.73 Å². The first-order valence-corrected chi connectivity index (χ1v) is 5.56. The highest BCUT2D eigenvalue weighted by atomic mass is 15.1. The van der Waals surface area contributed by atoms with Crippen LogP contribution in [0.1, 0.15) is 24.0 Å². The molecule has 2 rings (SSSR count). The summed E-state index contributed by atoms with van der Waals surface area (Å²) in [6, 6.07) is 6.46. The van der Waals surface area contributed by atoms with E-state index in [-0.39, 0.29) is 5.54 Å². The van der Waals surface area contributed by atoms with Gasteiger partial charge in [0.2, 0.25) is 0 Å². The maximum atomic E-state index is 6.20. The predicted molar refractivity (Wildman–Crippen MR) is 65.4 cm³/mol. The van der Waals surface area contributed by atoms with Gasteiger partial charge in [0, 0.05) is 25.3 Å². The van der Waals surface area contributed by atoms with Crippen LogP contribution in [0.3, 0.4) is 0 Å². The lowest BCUT2D eigenvalue weighted by Gasteiger charge is -2.21. The number of rotatable bonds is 3. The molecule has 0 aliphatic heterocycles. The molecule has 0 heterocycles. The SMILES string of the molecule is Cc1cccc(N(C)C)c1CC1(N)CC1. The van der Waals surface area contributed by atoms with Gasteiger partial charge in [-0.15, -0.1) is 0 Å². The molecule has 0 amide bonds. The highest BCUT2D eigenvalue weighted by Gasteiger charge is 2.38. The van der Waals surface area contributed by atoms with Crippen molar-refractivity contribution in [2.75, 3.05) is 19.0 Å². The average molecular weight is 204 g/mol. The van der Waals surface area contributed by atoms with E-state index in [0.29, 0.717) is 0 Å². The fourth-order valence-corrected chi connectivity index (χ4v) is 2.03. The van der Waals surface area contributed by atoms with Crippen LogP contribution >= 0.6 is 0 Å². The number of aryl methyl sites for hydroxylation is 1. The lowest BCUT2D eigenvalue weighted by atomic mass is 9.98. The van der Waals surface area contributed by atoms with Crippen LogP contribution < -0.4 is 10.6 Å². The molecule has 0 aromatic heterocycles. The molecule has 1 fully saturated rings. The third kappa shape index (κ3) is 2.15. The molecule has 1 saturated carbocycles. The Morgan fingerprint density at radius 3 is 2.53 bits per heavy atom. The maximum Gasteiger partial charge on any atom is 0.0396 e. The molecule has 1 aromatic rings. The number of anilines is 1. The zero-order chi connectivity index (χ0) is 11.1. The minimum absolute atomic E-state index is 0.0941. The summed E-state index contributed by atoms with van der Waals surface area (Å²) in [7, 11) is 4.18. The quantitative estimate of drug-likeness (QED) is 0.817. The molecule has 1 aliphatic carbocycles. The van der Waals surface area contributed by atoms with E-state index in [2.05, 4.69) is 44.1 Å². The third-order valence-electron chi connectivity index (χ3n) is 3.29. The minimum Gasteiger partial charge on any atom is -0.377 e. The van der Waals surface area contributed by atoms with Crippen molar-refractivity contribution >= 4 is 5.69 Å². The molecule has 2 nitrogen and oxygen atoms in total. The summed E-state index contributed by atoms with van der Waals surface area (Å²) in [5, 5.41) is 0. The van der Waals surface area contributed by atoms with Gasteiger partial charge in [0.05, 0.1) is 0 Å². The fraction of sp³-hybridized carbons (Fsp3) is 0.538. The Bertz CT molecular complexity index is 365. The topological polar surface area (TPSA) is 29.3 Å². The smallest absolute Gasteiger partial charge is 0.0396 e. The Balaban J connectivity index is 2.34. The van der Waals surface area contributed by atoms with Crippen LogP contribution in [0, 0.1) is 6.92 Å². The van der Waals surface area contributed by atoms with Gasteiger partial charge in [-0.2, -0.15) is 0 Å². The van der Waals surface area contributed by atoms with E-state index in [1.165, 1.54) is 29.7 Å². The molecule has 0 saturated heterocycles. The Morgan fingerprint density at radius 2 is 2.00 bits per heavy atom. The number of hydrogen-bond donors (Lipinski definition) is 1. The van der Waals surface area contributed by atoms with Gasteiger partial charge >= 0.3 is 0 Å². The van der Waals surface area contributed by atoms with Gasteiger partial charge in [0.15, 0.2) is 0 Å². The second-order valence-electron chi connectivity index (χ2n) is 5.01. The molecule has 0 spiro atoms. The second-order valence-corrected chi connectivity index (χ2v) is 5.01. The lowest BCUT2D eigenvalue weighted by Crippen LogP contribution is -2.26. The third-order valence-corrected chi connectivity index (χ3v) is 3.29. The zero-order valence-electron chi connectivity index (χ0n) is 9.88. The van der Waals surface area contributed by atoms with Crippen molar-refractivity contribution in [3.63, 3.8) is 0 Å². The monoisotopic (exact) mass is 204 g/mol. The largest absolute Gasteiger partial charge is 0.377 e.